The molecule has 2 rings (SSSR count). The van der Waals surface area contributed by atoms with E-state index in [2.05, 4.69) is 45.1 Å². The predicted molar refractivity (Wildman–Crippen MR) is 86.7 cm³/mol. The Balaban J connectivity index is 1.72. The lowest BCUT2D eigenvalue weighted by molar-refractivity contribution is -0.0326. The fraction of sp³-hybridized carbons (Fsp3) is 0.667. The molecule has 1 atom stereocenters. The summed E-state index contributed by atoms with van der Waals surface area (Å²) in [6, 6.07) is 8.35. The summed E-state index contributed by atoms with van der Waals surface area (Å²) in [5.41, 5.74) is 1.31. The van der Waals surface area contributed by atoms with Crippen LogP contribution in [0, 0.1) is 5.92 Å². The molecule has 1 aliphatic heterocycles. The Morgan fingerprint density at radius 2 is 2.00 bits per heavy atom. The molecule has 118 valence electrons. The number of rotatable bonds is 7. The third-order valence-electron chi connectivity index (χ3n) is 3.80. The molecular weight excluding hydrogens is 262 g/mol. The topological polar surface area (TPSA) is 30.5 Å². The molecule has 0 radical (unpaired) electrons. The van der Waals surface area contributed by atoms with Gasteiger partial charge >= 0.3 is 0 Å². The minimum absolute atomic E-state index is 0.0139. The summed E-state index contributed by atoms with van der Waals surface area (Å²) in [5, 5.41) is 3.45. The molecule has 1 fully saturated rings. The first kappa shape index (κ1) is 16.3. The second-order valence-corrected chi connectivity index (χ2v) is 7.02. The van der Waals surface area contributed by atoms with Gasteiger partial charge in [-0.25, -0.2) is 0 Å². The largest absolute Gasteiger partial charge is 0.491 e. The molecule has 1 aromatic carbocycles. The first-order valence-electron chi connectivity index (χ1n) is 8.05. The summed E-state index contributed by atoms with van der Waals surface area (Å²) in [4.78, 5) is 0. The van der Waals surface area contributed by atoms with Crippen molar-refractivity contribution < 1.29 is 9.47 Å². The molecule has 21 heavy (non-hydrogen) atoms. The molecule has 0 spiro atoms. The lowest BCUT2D eigenvalue weighted by Gasteiger charge is -2.19. The summed E-state index contributed by atoms with van der Waals surface area (Å²) < 4.78 is 11.8. The lowest BCUT2D eigenvalue weighted by atomic mass is 10.1. The maximum absolute atomic E-state index is 5.93. The van der Waals surface area contributed by atoms with Crippen molar-refractivity contribution in [1.82, 2.24) is 5.32 Å². The van der Waals surface area contributed by atoms with Crippen molar-refractivity contribution in [3.8, 4) is 5.75 Å². The fourth-order valence-corrected chi connectivity index (χ4v) is 2.59. The minimum atomic E-state index is 0.0139. The monoisotopic (exact) mass is 291 g/mol. The zero-order valence-electron chi connectivity index (χ0n) is 13.8. The molecule has 0 amide bonds. The van der Waals surface area contributed by atoms with Crippen molar-refractivity contribution >= 4 is 0 Å². The van der Waals surface area contributed by atoms with Gasteiger partial charge in [0.15, 0.2) is 0 Å². The van der Waals surface area contributed by atoms with Crippen LogP contribution >= 0.6 is 0 Å². The maximum atomic E-state index is 5.93. The third-order valence-corrected chi connectivity index (χ3v) is 3.80. The van der Waals surface area contributed by atoms with Gasteiger partial charge in [0.1, 0.15) is 12.4 Å². The van der Waals surface area contributed by atoms with Crippen LogP contribution in [-0.4, -0.2) is 24.9 Å². The zero-order valence-corrected chi connectivity index (χ0v) is 13.8. The van der Waals surface area contributed by atoms with Gasteiger partial charge in [-0.1, -0.05) is 26.0 Å². The molecule has 1 heterocycles. The van der Waals surface area contributed by atoms with E-state index in [1.54, 1.807) is 0 Å². The van der Waals surface area contributed by atoms with Crippen molar-refractivity contribution in [2.75, 3.05) is 13.2 Å². The maximum Gasteiger partial charge on any atom is 0.119 e. The van der Waals surface area contributed by atoms with Crippen molar-refractivity contribution in [2.45, 2.75) is 58.8 Å². The van der Waals surface area contributed by atoms with E-state index in [1.165, 1.54) is 5.56 Å². The van der Waals surface area contributed by atoms with Gasteiger partial charge in [0, 0.05) is 6.54 Å². The number of ether oxygens (including phenoxy) is 2. The van der Waals surface area contributed by atoms with Gasteiger partial charge in [-0.2, -0.15) is 0 Å². The van der Waals surface area contributed by atoms with Crippen LogP contribution in [0.25, 0.3) is 0 Å². The summed E-state index contributed by atoms with van der Waals surface area (Å²) >= 11 is 0. The summed E-state index contributed by atoms with van der Waals surface area (Å²) in [5.74, 6) is 1.61. The number of nitrogens with one attached hydrogen (secondary N) is 1. The van der Waals surface area contributed by atoms with E-state index in [1.807, 2.05) is 12.1 Å². The number of hydrogen-bond acceptors (Lipinski definition) is 3. The van der Waals surface area contributed by atoms with Crippen LogP contribution < -0.4 is 10.1 Å². The highest BCUT2D eigenvalue weighted by atomic mass is 16.6. The molecule has 0 saturated carbocycles. The first-order chi connectivity index (χ1) is 9.94. The summed E-state index contributed by atoms with van der Waals surface area (Å²) in [7, 11) is 0. The fourth-order valence-electron chi connectivity index (χ4n) is 2.59. The van der Waals surface area contributed by atoms with Gasteiger partial charge in [-0.05, 0) is 56.8 Å². The molecule has 3 heteroatoms. The Bertz CT molecular complexity index is 425. The third kappa shape index (κ3) is 5.68. The highest BCUT2D eigenvalue weighted by Crippen LogP contribution is 2.29. The average molecular weight is 291 g/mol. The van der Waals surface area contributed by atoms with Crippen molar-refractivity contribution in [2.24, 2.45) is 5.92 Å². The van der Waals surface area contributed by atoms with Crippen molar-refractivity contribution in [3.05, 3.63) is 29.8 Å². The summed E-state index contributed by atoms with van der Waals surface area (Å²) in [6.45, 7) is 11.3. The second kappa shape index (κ2) is 7.28. The van der Waals surface area contributed by atoms with E-state index in [4.69, 9.17) is 9.47 Å². The van der Waals surface area contributed by atoms with Crippen molar-refractivity contribution in [1.29, 1.82) is 0 Å². The second-order valence-electron chi connectivity index (χ2n) is 7.02. The van der Waals surface area contributed by atoms with Crippen LogP contribution in [-0.2, 0) is 11.3 Å². The average Bonchev–Trinajstić information content (AvgIpc) is 2.77. The molecular formula is C18H29NO2. The summed E-state index contributed by atoms with van der Waals surface area (Å²) in [6.07, 6.45) is 2.43. The van der Waals surface area contributed by atoms with E-state index in [9.17, 15) is 0 Å². The van der Waals surface area contributed by atoms with E-state index < -0.39 is 0 Å². The first-order valence-corrected chi connectivity index (χ1v) is 8.05. The molecule has 1 saturated heterocycles. The van der Waals surface area contributed by atoms with Crippen LogP contribution in [0.5, 0.6) is 5.75 Å². The van der Waals surface area contributed by atoms with Crippen LogP contribution in [0.3, 0.4) is 0 Å². The van der Waals surface area contributed by atoms with E-state index >= 15 is 0 Å². The lowest BCUT2D eigenvalue weighted by Crippen LogP contribution is -2.23. The normalized spacial score (nSPS) is 20.9. The quantitative estimate of drug-likeness (QED) is 0.829. The molecule has 1 unspecified atom stereocenters. The van der Waals surface area contributed by atoms with Crippen LogP contribution in [0.2, 0.25) is 0 Å². The van der Waals surface area contributed by atoms with E-state index in [0.29, 0.717) is 12.5 Å². The molecule has 1 aliphatic rings. The van der Waals surface area contributed by atoms with Gasteiger partial charge < -0.3 is 14.8 Å². The van der Waals surface area contributed by atoms with E-state index in [-0.39, 0.29) is 11.7 Å². The SMILES string of the molecule is CC(C)CNCc1ccc(OCC2CCC(C)(C)O2)cc1. The van der Waals surface area contributed by atoms with Crippen LogP contribution in [0.15, 0.2) is 24.3 Å². The Kier molecular flexibility index (Phi) is 5.65. The molecule has 3 nitrogen and oxygen atoms in total. The van der Waals surface area contributed by atoms with E-state index in [0.717, 1.165) is 31.7 Å². The predicted octanol–water partition coefficient (Wildman–Crippen LogP) is 3.77. The number of hydrogen-bond donors (Lipinski definition) is 1. The smallest absolute Gasteiger partial charge is 0.119 e. The Morgan fingerprint density at radius 1 is 1.29 bits per heavy atom. The number of benzene rings is 1. The highest BCUT2D eigenvalue weighted by molar-refractivity contribution is 5.27. The van der Waals surface area contributed by atoms with Crippen LogP contribution in [0.4, 0.5) is 0 Å². The van der Waals surface area contributed by atoms with Gasteiger partial charge in [-0.15, -0.1) is 0 Å². The Labute approximate surface area is 129 Å². The van der Waals surface area contributed by atoms with Gasteiger partial charge in [0.25, 0.3) is 0 Å². The highest BCUT2D eigenvalue weighted by Gasteiger charge is 2.31. The molecule has 0 bridgehead atoms. The minimum Gasteiger partial charge on any atom is -0.491 e. The molecule has 1 N–H and O–H groups in total. The van der Waals surface area contributed by atoms with Crippen molar-refractivity contribution in [3.63, 3.8) is 0 Å². The Hall–Kier alpha value is -1.06. The zero-order chi connectivity index (χ0) is 15.3. The molecule has 1 aromatic rings. The molecule has 0 aliphatic carbocycles. The van der Waals surface area contributed by atoms with Gasteiger partial charge in [-0.3, -0.25) is 0 Å². The van der Waals surface area contributed by atoms with Gasteiger partial charge in [0.05, 0.1) is 11.7 Å². The molecule has 0 aromatic heterocycles. The standard InChI is InChI=1S/C18H29NO2/c1-14(2)11-19-12-15-5-7-16(8-6-15)20-13-17-9-10-18(3,4)21-17/h5-8,14,17,19H,9-13H2,1-4H3. The van der Waals surface area contributed by atoms with Gasteiger partial charge in [0.2, 0.25) is 0 Å². The van der Waals surface area contributed by atoms with Crippen LogP contribution in [0.1, 0.15) is 46.1 Å². The Morgan fingerprint density at radius 3 is 2.57 bits per heavy atom.